The molecule has 25 heavy (non-hydrogen) atoms. The van der Waals surface area contributed by atoms with Gasteiger partial charge in [-0.1, -0.05) is 67.4 Å². The molecule has 0 saturated heterocycles. The zero-order valence-corrected chi connectivity index (χ0v) is 16.0. The summed E-state index contributed by atoms with van der Waals surface area (Å²) in [6, 6.07) is 8.23. The lowest BCUT2D eigenvalue weighted by Gasteiger charge is -2.11. The largest absolute Gasteiger partial charge is 0.478 e. The average molecular weight is 369 g/mol. The maximum atomic E-state index is 11.2. The molecule has 2 rings (SSSR count). The first-order chi connectivity index (χ1) is 11.8. The highest BCUT2D eigenvalue weighted by Crippen LogP contribution is 2.22. The van der Waals surface area contributed by atoms with Gasteiger partial charge < -0.3 is 5.11 Å². The fourth-order valence-electron chi connectivity index (χ4n) is 2.46. The van der Waals surface area contributed by atoms with Crippen LogP contribution >= 0.6 is 24.4 Å². The topological polar surface area (TPSA) is 37.3 Å². The number of hydrogen-bond donors (Lipinski definition) is 1. The van der Waals surface area contributed by atoms with E-state index in [4.69, 9.17) is 24.4 Å². The van der Waals surface area contributed by atoms with Crippen LogP contribution in [0.2, 0.25) is 0 Å². The van der Waals surface area contributed by atoms with Crippen LogP contribution in [0.5, 0.6) is 0 Å². The van der Waals surface area contributed by atoms with Crippen LogP contribution in [0.3, 0.4) is 0 Å². The Morgan fingerprint density at radius 1 is 1.28 bits per heavy atom. The highest BCUT2D eigenvalue weighted by Gasteiger charge is 2.16. The minimum Gasteiger partial charge on any atom is -0.478 e. The Balaban J connectivity index is 2.17. The van der Waals surface area contributed by atoms with Crippen molar-refractivity contribution < 1.29 is 9.90 Å². The van der Waals surface area contributed by atoms with E-state index in [0.29, 0.717) is 11.3 Å². The zero-order chi connectivity index (χ0) is 18.6. The number of benzene rings is 1. The van der Waals surface area contributed by atoms with E-state index >= 15 is 0 Å². The van der Waals surface area contributed by atoms with Crippen molar-refractivity contribution in [2.45, 2.75) is 26.7 Å². The smallest absolute Gasteiger partial charge is 0.336 e. The highest BCUT2D eigenvalue weighted by molar-refractivity contribution is 7.81. The maximum absolute atomic E-state index is 11.2. The molecule has 2 nitrogen and oxygen atoms in total. The SMILES string of the molecule is C=C(C)C(=S)Cc1ccc(/C(C)=C/C2=CCC(=S)C(C(=O)O)=C2)cc1. The molecule has 1 aromatic carbocycles. The molecule has 0 fully saturated rings. The van der Waals surface area contributed by atoms with Crippen molar-refractivity contribution in [2.75, 3.05) is 0 Å². The average Bonchev–Trinajstić information content (AvgIpc) is 2.56. The minimum atomic E-state index is -0.973. The molecule has 0 bridgehead atoms. The molecule has 0 aromatic heterocycles. The summed E-state index contributed by atoms with van der Waals surface area (Å²) in [7, 11) is 0. The van der Waals surface area contributed by atoms with Crippen molar-refractivity contribution in [3.63, 3.8) is 0 Å². The van der Waals surface area contributed by atoms with Crippen molar-refractivity contribution in [1.29, 1.82) is 0 Å². The number of rotatable bonds is 6. The molecule has 4 heteroatoms. The Bertz CT molecular complexity index is 837. The number of hydrogen-bond acceptors (Lipinski definition) is 3. The van der Waals surface area contributed by atoms with Gasteiger partial charge in [0.2, 0.25) is 0 Å². The molecule has 0 spiro atoms. The molecule has 0 heterocycles. The standard InChI is InChI=1S/C21H20O2S2/c1-13(2)20(25)12-15-4-7-17(8-5-15)14(3)10-16-6-9-19(24)18(11-16)21(22)23/h4-8,10-11H,1,9,12H2,2-3H3,(H,22,23)/b14-10+. The van der Waals surface area contributed by atoms with E-state index in [2.05, 4.69) is 30.8 Å². The van der Waals surface area contributed by atoms with Gasteiger partial charge in [-0.25, -0.2) is 4.79 Å². The van der Waals surface area contributed by atoms with Gasteiger partial charge in [0.05, 0.1) is 5.57 Å². The van der Waals surface area contributed by atoms with Crippen LogP contribution in [-0.2, 0) is 11.2 Å². The molecular formula is C21H20O2S2. The van der Waals surface area contributed by atoms with E-state index in [1.54, 1.807) is 6.08 Å². The van der Waals surface area contributed by atoms with E-state index in [-0.39, 0.29) is 5.57 Å². The van der Waals surface area contributed by atoms with E-state index in [9.17, 15) is 9.90 Å². The monoisotopic (exact) mass is 368 g/mol. The maximum Gasteiger partial charge on any atom is 0.336 e. The Hall–Kier alpha value is -2.17. The Kier molecular flexibility index (Phi) is 6.34. The number of carbonyl (C=O) groups is 1. The molecule has 0 aliphatic heterocycles. The highest BCUT2D eigenvalue weighted by atomic mass is 32.1. The Morgan fingerprint density at radius 2 is 1.92 bits per heavy atom. The van der Waals surface area contributed by atoms with Gasteiger partial charge in [-0.15, -0.1) is 0 Å². The van der Waals surface area contributed by atoms with Gasteiger partial charge in [-0.05, 0) is 47.8 Å². The van der Waals surface area contributed by atoms with Crippen LogP contribution in [0.25, 0.3) is 5.57 Å². The van der Waals surface area contributed by atoms with Crippen LogP contribution < -0.4 is 0 Å². The number of thiocarbonyl (C=S) groups is 2. The molecule has 0 saturated carbocycles. The van der Waals surface area contributed by atoms with Crippen molar-refractivity contribution in [3.05, 3.63) is 76.9 Å². The van der Waals surface area contributed by atoms with Crippen molar-refractivity contribution >= 4 is 45.7 Å². The van der Waals surface area contributed by atoms with Crippen molar-refractivity contribution in [1.82, 2.24) is 0 Å². The van der Waals surface area contributed by atoms with Crippen LogP contribution in [-0.4, -0.2) is 20.8 Å². The summed E-state index contributed by atoms with van der Waals surface area (Å²) in [6.45, 7) is 7.81. The normalized spacial score (nSPS) is 14.6. The second-order valence-electron chi connectivity index (χ2n) is 6.10. The lowest BCUT2D eigenvalue weighted by Crippen LogP contribution is -2.12. The first-order valence-corrected chi connectivity index (χ1v) is 8.74. The quantitative estimate of drug-likeness (QED) is 0.547. The third-order valence-corrected chi connectivity index (χ3v) is 4.88. The van der Waals surface area contributed by atoms with Crippen LogP contribution in [0.4, 0.5) is 0 Å². The first kappa shape index (κ1) is 19.2. The van der Waals surface area contributed by atoms with Gasteiger partial charge in [0.15, 0.2) is 0 Å². The minimum absolute atomic E-state index is 0.209. The second kappa shape index (κ2) is 8.28. The van der Waals surface area contributed by atoms with Gasteiger partial charge >= 0.3 is 5.97 Å². The summed E-state index contributed by atoms with van der Waals surface area (Å²) in [4.78, 5) is 12.6. The summed E-state index contributed by atoms with van der Waals surface area (Å²) >= 11 is 10.4. The molecule has 128 valence electrons. The molecule has 0 atom stereocenters. The number of carboxylic acid groups (broad SMARTS) is 1. The second-order valence-corrected chi connectivity index (χ2v) is 7.08. The van der Waals surface area contributed by atoms with E-state index in [0.717, 1.165) is 39.1 Å². The summed E-state index contributed by atoms with van der Waals surface area (Å²) < 4.78 is 0. The molecule has 1 N–H and O–H groups in total. The van der Waals surface area contributed by atoms with E-state index < -0.39 is 5.97 Å². The zero-order valence-electron chi connectivity index (χ0n) is 14.3. The number of aliphatic carboxylic acids is 1. The van der Waals surface area contributed by atoms with Gasteiger partial charge in [0.1, 0.15) is 0 Å². The van der Waals surface area contributed by atoms with Crippen LogP contribution in [0, 0.1) is 0 Å². The predicted octanol–water partition coefficient (Wildman–Crippen LogP) is 5.29. The first-order valence-electron chi connectivity index (χ1n) is 7.92. The molecular weight excluding hydrogens is 348 g/mol. The molecule has 0 amide bonds. The van der Waals surface area contributed by atoms with Crippen LogP contribution in [0.15, 0.2) is 65.8 Å². The molecule has 0 radical (unpaired) electrons. The van der Waals surface area contributed by atoms with Gasteiger partial charge in [0, 0.05) is 22.6 Å². The molecule has 1 aliphatic carbocycles. The molecule has 1 aromatic rings. The summed E-state index contributed by atoms with van der Waals surface area (Å²) in [5.41, 5.74) is 5.31. The molecule has 0 unspecified atom stereocenters. The lowest BCUT2D eigenvalue weighted by atomic mass is 9.95. The Labute approximate surface area is 159 Å². The number of carboxylic acids is 1. The third kappa shape index (κ3) is 5.15. The van der Waals surface area contributed by atoms with Gasteiger partial charge in [-0.3, -0.25) is 0 Å². The van der Waals surface area contributed by atoms with E-state index in [1.165, 1.54) is 0 Å². The lowest BCUT2D eigenvalue weighted by molar-refractivity contribution is -0.132. The fraction of sp³-hybridized carbons (Fsp3) is 0.190. The van der Waals surface area contributed by atoms with Gasteiger partial charge in [-0.2, -0.15) is 0 Å². The molecule has 1 aliphatic rings. The van der Waals surface area contributed by atoms with E-state index in [1.807, 2.05) is 26.0 Å². The van der Waals surface area contributed by atoms with Crippen molar-refractivity contribution in [3.8, 4) is 0 Å². The summed E-state index contributed by atoms with van der Waals surface area (Å²) in [6.07, 6.45) is 6.79. The summed E-state index contributed by atoms with van der Waals surface area (Å²) in [5, 5.41) is 9.20. The Morgan fingerprint density at radius 3 is 2.48 bits per heavy atom. The number of allylic oxidation sites excluding steroid dienone is 6. The summed E-state index contributed by atoms with van der Waals surface area (Å²) in [5.74, 6) is -0.973. The van der Waals surface area contributed by atoms with Gasteiger partial charge in [0.25, 0.3) is 0 Å². The van der Waals surface area contributed by atoms with Crippen LogP contribution in [0.1, 0.15) is 31.4 Å². The fourth-order valence-corrected chi connectivity index (χ4v) is 2.86. The third-order valence-electron chi connectivity index (χ3n) is 4.00. The van der Waals surface area contributed by atoms with Crippen molar-refractivity contribution in [2.24, 2.45) is 0 Å². The predicted molar refractivity (Wildman–Crippen MR) is 112 cm³/mol.